The summed E-state index contributed by atoms with van der Waals surface area (Å²) in [4.78, 5) is 0. The van der Waals surface area contributed by atoms with Crippen molar-refractivity contribution in [3.63, 3.8) is 0 Å². The Morgan fingerprint density at radius 3 is 2.77 bits per heavy atom. The van der Waals surface area contributed by atoms with Crippen LogP contribution in [0.5, 0.6) is 0 Å². The molecule has 0 aromatic heterocycles. The van der Waals surface area contributed by atoms with Gasteiger partial charge in [-0.2, -0.15) is 0 Å². The van der Waals surface area contributed by atoms with Gasteiger partial charge in [-0.15, -0.1) is 0 Å². The Morgan fingerprint density at radius 1 is 1.54 bits per heavy atom. The highest BCUT2D eigenvalue weighted by Crippen LogP contribution is 2.73. The molecular weight excluding hydrogens is 162 g/mol. The van der Waals surface area contributed by atoms with E-state index in [2.05, 4.69) is 6.92 Å². The van der Waals surface area contributed by atoms with Crippen LogP contribution in [0.2, 0.25) is 0 Å². The Labute approximate surface area is 80.5 Å². The highest BCUT2D eigenvalue weighted by atomic mass is 16.3. The van der Waals surface area contributed by atoms with Gasteiger partial charge in [-0.05, 0) is 30.6 Å². The van der Waals surface area contributed by atoms with E-state index in [-0.39, 0.29) is 5.41 Å². The molecule has 2 aliphatic rings. The first-order valence-corrected chi connectivity index (χ1v) is 5.55. The number of aliphatic hydroxyl groups excluding tert-OH is 1. The third-order valence-electron chi connectivity index (χ3n) is 4.73. The minimum absolute atomic E-state index is 0.115. The summed E-state index contributed by atoms with van der Waals surface area (Å²) in [6.45, 7) is 3.26. The molecule has 3 N–H and O–H groups in total. The molecule has 13 heavy (non-hydrogen) atoms. The van der Waals surface area contributed by atoms with Crippen LogP contribution in [-0.2, 0) is 0 Å². The molecule has 2 heteroatoms. The predicted octanol–water partition coefficient (Wildman–Crippen LogP) is 1.52. The molecule has 0 bridgehead atoms. The third kappa shape index (κ3) is 1.02. The summed E-state index contributed by atoms with van der Waals surface area (Å²) in [6, 6.07) is 0. The van der Waals surface area contributed by atoms with Gasteiger partial charge < -0.3 is 10.8 Å². The van der Waals surface area contributed by atoms with Crippen LogP contribution in [0.3, 0.4) is 0 Å². The molecular formula is C11H21NO. The van der Waals surface area contributed by atoms with Gasteiger partial charge in [-0.1, -0.05) is 19.8 Å². The normalized spacial score (nSPS) is 48.7. The lowest BCUT2D eigenvalue weighted by atomic mass is 9.82. The van der Waals surface area contributed by atoms with Gasteiger partial charge in [-0.3, -0.25) is 0 Å². The van der Waals surface area contributed by atoms with Gasteiger partial charge in [0.2, 0.25) is 0 Å². The Hall–Kier alpha value is -0.0800. The summed E-state index contributed by atoms with van der Waals surface area (Å²) in [5.74, 6) is 0.836. The molecule has 0 aliphatic heterocycles. The minimum Gasteiger partial charge on any atom is -0.396 e. The zero-order valence-corrected chi connectivity index (χ0v) is 8.55. The van der Waals surface area contributed by atoms with Crippen LogP contribution in [0, 0.1) is 16.7 Å². The van der Waals surface area contributed by atoms with Gasteiger partial charge in [0.25, 0.3) is 0 Å². The standard InChI is InChI=1S/C11H21NO/c1-2-9-4-3-5-11(9)6-10(11,7-12)8-13/h9,13H,2-8,12H2,1H3. The predicted molar refractivity (Wildman–Crippen MR) is 53.3 cm³/mol. The largest absolute Gasteiger partial charge is 0.396 e. The molecule has 76 valence electrons. The SMILES string of the molecule is CCC1CCCC12CC2(CN)CO. The Morgan fingerprint density at radius 2 is 2.31 bits per heavy atom. The van der Waals surface area contributed by atoms with Crippen molar-refractivity contribution in [3.05, 3.63) is 0 Å². The van der Waals surface area contributed by atoms with Crippen molar-refractivity contribution in [2.75, 3.05) is 13.2 Å². The fraction of sp³-hybridized carbons (Fsp3) is 1.00. The Kier molecular flexibility index (Phi) is 2.16. The van der Waals surface area contributed by atoms with Crippen molar-refractivity contribution < 1.29 is 5.11 Å². The second-order valence-electron chi connectivity index (χ2n) is 4.97. The summed E-state index contributed by atoms with van der Waals surface area (Å²) in [7, 11) is 0. The maximum Gasteiger partial charge on any atom is 0.0505 e. The molecule has 3 atom stereocenters. The molecule has 2 rings (SSSR count). The van der Waals surface area contributed by atoms with Crippen molar-refractivity contribution in [3.8, 4) is 0 Å². The molecule has 0 radical (unpaired) electrons. The lowest BCUT2D eigenvalue weighted by Crippen LogP contribution is -2.29. The smallest absolute Gasteiger partial charge is 0.0505 e. The topological polar surface area (TPSA) is 46.2 Å². The van der Waals surface area contributed by atoms with Gasteiger partial charge in [0.05, 0.1) is 6.61 Å². The van der Waals surface area contributed by atoms with E-state index in [4.69, 9.17) is 5.73 Å². The monoisotopic (exact) mass is 183 g/mol. The zero-order chi connectivity index (χ0) is 9.53. The quantitative estimate of drug-likeness (QED) is 0.697. The number of hydrogen-bond acceptors (Lipinski definition) is 2. The molecule has 2 nitrogen and oxygen atoms in total. The summed E-state index contributed by atoms with van der Waals surface area (Å²) in [6.07, 6.45) is 6.47. The van der Waals surface area contributed by atoms with Crippen LogP contribution in [0.25, 0.3) is 0 Å². The average molecular weight is 183 g/mol. The van der Waals surface area contributed by atoms with Gasteiger partial charge in [0.15, 0.2) is 0 Å². The summed E-state index contributed by atoms with van der Waals surface area (Å²) < 4.78 is 0. The first-order valence-electron chi connectivity index (χ1n) is 5.55. The van der Waals surface area contributed by atoms with Crippen LogP contribution in [0.1, 0.15) is 39.0 Å². The zero-order valence-electron chi connectivity index (χ0n) is 8.55. The number of rotatable bonds is 3. The first kappa shape index (κ1) is 9.47. The van der Waals surface area contributed by atoms with Crippen molar-refractivity contribution in [2.24, 2.45) is 22.5 Å². The van der Waals surface area contributed by atoms with E-state index < -0.39 is 0 Å². The van der Waals surface area contributed by atoms with Gasteiger partial charge in [0.1, 0.15) is 0 Å². The van der Waals surface area contributed by atoms with E-state index in [0.29, 0.717) is 18.6 Å². The third-order valence-corrected chi connectivity index (χ3v) is 4.73. The van der Waals surface area contributed by atoms with Gasteiger partial charge in [0, 0.05) is 12.0 Å². The molecule has 0 amide bonds. The van der Waals surface area contributed by atoms with Crippen LogP contribution in [0.15, 0.2) is 0 Å². The lowest BCUT2D eigenvalue weighted by Gasteiger charge is -2.24. The van der Waals surface area contributed by atoms with Crippen molar-refractivity contribution in [1.29, 1.82) is 0 Å². The number of hydrogen-bond donors (Lipinski definition) is 2. The maximum atomic E-state index is 9.42. The second-order valence-corrected chi connectivity index (χ2v) is 4.97. The fourth-order valence-corrected chi connectivity index (χ4v) is 3.78. The molecule has 2 aliphatic carbocycles. The van der Waals surface area contributed by atoms with Crippen LogP contribution in [-0.4, -0.2) is 18.3 Å². The summed E-state index contributed by atoms with van der Waals surface area (Å²) >= 11 is 0. The first-order chi connectivity index (χ1) is 6.24. The molecule has 2 fully saturated rings. The van der Waals surface area contributed by atoms with E-state index in [1.807, 2.05) is 0 Å². The lowest BCUT2D eigenvalue weighted by molar-refractivity contribution is 0.152. The molecule has 0 aromatic carbocycles. The molecule has 0 heterocycles. The summed E-state index contributed by atoms with van der Waals surface area (Å²) in [5, 5.41) is 9.42. The number of aliphatic hydroxyl groups is 1. The Balaban J connectivity index is 2.15. The van der Waals surface area contributed by atoms with Crippen LogP contribution < -0.4 is 5.73 Å². The van der Waals surface area contributed by atoms with E-state index in [1.54, 1.807) is 0 Å². The molecule has 2 saturated carbocycles. The van der Waals surface area contributed by atoms with E-state index in [1.165, 1.54) is 32.1 Å². The van der Waals surface area contributed by atoms with Crippen molar-refractivity contribution in [2.45, 2.75) is 39.0 Å². The minimum atomic E-state index is 0.115. The number of nitrogens with two attached hydrogens (primary N) is 1. The van der Waals surface area contributed by atoms with E-state index >= 15 is 0 Å². The molecule has 1 spiro atoms. The summed E-state index contributed by atoms with van der Waals surface area (Å²) in [5.41, 5.74) is 6.36. The van der Waals surface area contributed by atoms with Crippen LogP contribution in [0.4, 0.5) is 0 Å². The van der Waals surface area contributed by atoms with Crippen LogP contribution >= 0.6 is 0 Å². The molecule has 0 saturated heterocycles. The highest BCUT2D eigenvalue weighted by molar-refractivity contribution is 5.19. The molecule has 3 unspecified atom stereocenters. The van der Waals surface area contributed by atoms with E-state index in [9.17, 15) is 5.11 Å². The van der Waals surface area contributed by atoms with E-state index in [0.717, 1.165) is 5.92 Å². The van der Waals surface area contributed by atoms with Crippen molar-refractivity contribution >= 4 is 0 Å². The van der Waals surface area contributed by atoms with Gasteiger partial charge >= 0.3 is 0 Å². The van der Waals surface area contributed by atoms with Crippen molar-refractivity contribution in [1.82, 2.24) is 0 Å². The Bertz CT molecular complexity index is 200. The maximum absolute atomic E-state index is 9.42. The highest BCUT2D eigenvalue weighted by Gasteiger charge is 2.69. The second kappa shape index (κ2) is 2.96. The van der Waals surface area contributed by atoms with Gasteiger partial charge in [-0.25, -0.2) is 0 Å². The average Bonchev–Trinajstić information content (AvgIpc) is 2.62. The fourth-order valence-electron chi connectivity index (χ4n) is 3.78. The molecule has 0 aromatic rings.